The molecule has 0 unspecified atom stereocenters. The summed E-state index contributed by atoms with van der Waals surface area (Å²) in [5.41, 5.74) is 0.156. The van der Waals surface area contributed by atoms with Gasteiger partial charge in [-0.25, -0.2) is 4.79 Å². The maximum Gasteiger partial charge on any atom is 0.332 e. The summed E-state index contributed by atoms with van der Waals surface area (Å²) in [5, 5.41) is 0.513. The maximum atomic E-state index is 13.0. The van der Waals surface area contributed by atoms with E-state index in [-0.39, 0.29) is 23.4 Å². The van der Waals surface area contributed by atoms with E-state index in [1.54, 1.807) is 11.5 Å². The zero-order valence-corrected chi connectivity index (χ0v) is 14.6. The van der Waals surface area contributed by atoms with Gasteiger partial charge in [-0.2, -0.15) is 0 Å². The maximum absolute atomic E-state index is 13.0. The number of hydrogen-bond acceptors (Lipinski definition) is 5. The Morgan fingerprint density at radius 2 is 2.12 bits per heavy atom. The molecule has 128 valence electrons. The van der Waals surface area contributed by atoms with E-state index in [0.29, 0.717) is 39.7 Å². The number of ether oxygens (including phenoxy) is 1. The monoisotopic (exact) mass is 348 g/mol. The molecule has 3 heterocycles. The van der Waals surface area contributed by atoms with Crippen molar-refractivity contribution in [2.24, 2.45) is 5.92 Å². The van der Waals surface area contributed by atoms with Gasteiger partial charge in [-0.05, 0) is 37.7 Å². The molecule has 24 heavy (non-hydrogen) atoms. The van der Waals surface area contributed by atoms with Crippen LogP contribution in [-0.4, -0.2) is 28.1 Å². The number of rotatable bonds is 4. The second-order valence-corrected chi connectivity index (χ2v) is 7.90. The van der Waals surface area contributed by atoms with Gasteiger partial charge in [0.1, 0.15) is 4.83 Å². The topological polar surface area (TPSA) is 70.3 Å². The summed E-state index contributed by atoms with van der Waals surface area (Å²) >= 11 is 1.23. The fraction of sp³-hybridized carbons (Fsp3) is 0.588. The first-order valence-corrected chi connectivity index (χ1v) is 9.19. The van der Waals surface area contributed by atoms with Crippen molar-refractivity contribution >= 4 is 27.8 Å². The molecular weight excluding hydrogens is 328 g/mol. The van der Waals surface area contributed by atoms with Crippen LogP contribution in [0.3, 0.4) is 0 Å². The quantitative estimate of drug-likeness (QED) is 0.794. The van der Waals surface area contributed by atoms with Crippen LogP contribution >= 0.6 is 11.3 Å². The lowest BCUT2D eigenvalue weighted by atomic mass is 10.2. The molecule has 2 aliphatic rings. The van der Waals surface area contributed by atoms with Gasteiger partial charge in [0.2, 0.25) is 0 Å². The molecule has 0 radical (unpaired) electrons. The second kappa shape index (κ2) is 5.67. The van der Waals surface area contributed by atoms with Gasteiger partial charge in [0.15, 0.2) is 6.29 Å². The number of fused-ring (bicyclic) bond motifs is 1. The van der Waals surface area contributed by atoms with Gasteiger partial charge in [0.05, 0.1) is 22.9 Å². The van der Waals surface area contributed by atoms with Gasteiger partial charge in [0, 0.05) is 12.6 Å². The number of aryl methyl sites for hydroxylation is 1. The first-order valence-electron chi connectivity index (χ1n) is 8.38. The number of carbonyl (C=O) groups is 1. The van der Waals surface area contributed by atoms with Crippen molar-refractivity contribution in [3.05, 3.63) is 31.3 Å². The molecule has 0 amide bonds. The summed E-state index contributed by atoms with van der Waals surface area (Å²) < 4.78 is 8.73. The van der Waals surface area contributed by atoms with Crippen molar-refractivity contribution in [3.63, 3.8) is 0 Å². The van der Waals surface area contributed by atoms with Gasteiger partial charge in [-0.15, -0.1) is 11.3 Å². The number of nitrogens with zero attached hydrogens (tertiary/aromatic N) is 2. The first kappa shape index (κ1) is 15.8. The molecule has 0 bridgehead atoms. The Morgan fingerprint density at radius 1 is 1.38 bits per heavy atom. The summed E-state index contributed by atoms with van der Waals surface area (Å²) in [6.07, 6.45) is 3.52. The van der Waals surface area contributed by atoms with Gasteiger partial charge in [-0.1, -0.05) is 6.92 Å². The van der Waals surface area contributed by atoms with E-state index in [4.69, 9.17) is 4.74 Å². The Morgan fingerprint density at radius 3 is 2.71 bits per heavy atom. The SMILES string of the molecule is Cc1c(C=O)sc2c1c(=O)n([C@H]1C[C@@H]1C)c(=O)n2C[C@H]1CCCO1. The summed E-state index contributed by atoms with van der Waals surface area (Å²) in [5.74, 6) is 0.341. The minimum atomic E-state index is -0.268. The van der Waals surface area contributed by atoms with Gasteiger partial charge >= 0.3 is 5.69 Å². The molecule has 7 heteroatoms. The second-order valence-electron chi connectivity index (χ2n) is 6.87. The summed E-state index contributed by atoms with van der Waals surface area (Å²) in [6.45, 7) is 4.98. The third-order valence-corrected chi connectivity index (χ3v) is 6.44. The highest BCUT2D eigenvalue weighted by Gasteiger charge is 2.38. The standard InChI is InChI=1S/C17H20N2O4S/c1-9-6-12(9)19-15(21)14-10(2)13(8-20)24-16(14)18(17(19)22)7-11-4-3-5-23-11/h8-9,11-12H,3-7H2,1-2H3/t9-,11+,12-/m0/s1. The number of aldehydes is 1. The smallest absolute Gasteiger partial charge is 0.332 e. The largest absolute Gasteiger partial charge is 0.376 e. The van der Waals surface area contributed by atoms with E-state index >= 15 is 0 Å². The van der Waals surface area contributed by atoms with Crippen LogP contribution in [0.25, 0.3) is 10.2 Å². The number of thiophene rings is 1. The molecule has 0 spiro atoms. The van der Waals surface area contributed by atoms with Crippen LogP contribution < -0.4 is 11.2 Å². The molecule has 1 aliphatic heterocycles. The fourth-order valence-corrected chi connectivity index (χ4v) is 4.72. The van der Waals surface area contributed by atoms with Crippen LogP contribution in [0.15, 0.2) is 9.59 Å². The van der Waals surface area contributed by atoms with Crippen LogP contribution in [-0.2, 0) is 11.3 Å². The summed E-state index contributed by atoms with van der Waals surface area (Å²) in [6, 6.07) is -0.0240. The van der Waals surface area contributed by atoms with E-state index in [9.17, 15) is 14.4 Å². The Balaban J connectivity index is 1.99. The van der Waals surface area contributed by atoms with Crippen LogP contribution in [0.1, 0.15) is 47.5 Å². The molecule has 1 saturated carbocycles. The highest BCUT2D eigenvalue weighted by atomic mass is 32.1. The molecule has 0 aromatic carbocycles. The highest BCUT2D eigenvalue weighted by Crippen LogP contribution is 2.41. The van der Waals surface area contributed by atoms with Crippen molar-refractivity contribution in [1.82, 2.24) is 9.13 Å². The first-order chi connectivity index (χ1) is 11.5. The lowest BCUT2D eigenvalue weighted by Crippen LogP contribution is -2.41. The highest BCUT2D eigenvalue weighted by molar-refractivity contribution is 7.20. The number of aromatic nitrogens is 2. The minimum Gasteiger partial charge on any atom is -0.376 e. The van der Waals surface area contributed by atoms with Crippen molar-refractivity contribution in [1.29, 1.82) is 0 Å². The normalized spacial score (nSPS) is 26.2. The van der Waals surface area contributed by atoms with Gasteiger partial charge in [-0.3, -0.25) is 18.7 Å². The molecule has 0 N–H and O–H groups in total. The lowest BCUT2D eigenvalue weighted by molar-refractivity contribution is 0.0966. The molecule has 2 fully saturated rings. The molecule has 6 nitrogen and oxygen atoms in total. The molecule has 4 rings (SSSR count). The summed E-state index contributed by atoms with van der Waals surface area (Å²) in [4.78, 5) is 38.4. The predicted octanol–water partition coefficient (Wildman–Crippen LogP) is 2.11. The lowest BCUT2D eigenvalue weighted by Gasteiger charge is -2.15. The van der Waals surface area contributed by atoms with Crippen LogP contribution in [0.4, 0.5) is 0 Å². The van der Waals surface area contributed by atoms with E-state index in [0.717, 1.165) is 25.5 Å². The molecule has 2 aromatic heterocycles. The Hall–Kier alpha value is -1.73. The van der Waals surface area contributed by atoms with Crippen LogP contribution in [0.5, 0.6) is 0 Å². The van der Waals surface area contributed by atoms with E-state index in [1.165, 1.54) is 15.9 Å². The summed E-state index contributed by atoms with van der Waals surface area (Å²) in [7, 11) is 0. The average Bonchev–Trinajstić information content (AvgIpc) is 2.97. The Labute approximate surface area is 142 Å². The average molecular weight is 348 g/mol. The number of carbonyl (C=O) groups excluding carboxylic acids is 1. The van der Waals surface area contributed by atoms with Crippen molar-refractivity contribution in [3.8, 4) is 0 Å². The van der Waals surface area contributed by atoms with E-state index in [2.05, 4.69) is 0 Å². The third-order valence-electron chi connectivity index (χ3n) is 5.20. The van der Waals surface area contributed by atoms with Crippen molar-refractivity contribution < 1.29 is 9.53 Å². The molecule has 1 saturated heterocycles. The van der Waals surface area contributed by atoms with Crippen LogP contribution in [0.2, 0.25) is 0 Å². The van der Waals surface area contributed by atoms with Crippen molar-refractivity contribution in [2.75, 3.05) is 6.61 Å². The predicted molar refractivity (Wildman–Crippen MR) is 92.3 cm³/mol. The third kappa shape index (κ3) is 2.29. The molecule has 1 aliphatic carbocycles. The van der Waals surface area contributed by atoms with Crippen molar-refractivity contribution in [2.45, 2.75) is 51.8 Å². The zero-order chi connectivity index (χ0) is 17.0. The van der Waals surface area contributed by atoms with Gasteiger partial charge < -0.3 is 4.74 Å². The van der Waals surface area contributed by atoms with E-state index in [1.807, 2.05) is 6.92 Å². The Bertz CT molecular complexity index is 933. The minimum absolute atomic E-state index is 0.00411. The molecular formula is C17H20N2O4S. The zero-order valence-electron chi connectivity index (χ0n) is 13.8. The Kier molecular flexibility index (Phi) is 3.73. The van der Waals surface area contributed by atoms with Gasteiger partial charge in [0.25, 0.3) is 5.56 Å². The molecule has 2 aromatic rings. The number of hydrogen-bond donors (Lipinski definition) is 0. The van der Waals surface area contributed by atoms with Crippen LogP contribution in [0, 0.1) is 12.8 Å². The molecule has 3 atom stereocenters. The fourth-order valence-electron chi connectivity index (χ4n) is 3.60. The van der Waals surface area contributed by atoms with E-state index < -0.39 is 0 Å².